The smallest absolute Gasteiger partial charge is 0.254 e. The van der Waals surface area contributed by atoms with Crippen molar-refractivity contribution in [2.75, 3.05) is 0 Å². The van der Waals surface area contributed by atoms with Crippen LogP contribution in [0.5, 0.6) is 0 Å². The Kier molecular flexibility index (Phi) is 4.16. The van der Waals surface area contributed by atoms with Crippen LogP contribution in [0.15, 0.2) is 47.3 Å². The lowest BCUT2D eigenvalue weighted by molar-refractivity contribution is 0.0947. The van der Waals surface area contributed by atoms with Crippen molar-refractivity contribution in [2.24, 2.45) is 0 Å². The molecule has 0 aliphatic carbocycles. The fraction of sp³-hybridized carbons (Fsp3) is 0.158. The maximum atomic E-state index is 13.6. The molecular weight excluding hydrogens is 307 g/mol. The standard InChI is InChI=1S/C19H17FN2O2/c1-11-7-12(2)17-13(8-11)9-14(18(23)22-17)10-21-19(24)15-5-3-4-6-16(15)20/h3-9H,10H2,1-2H3,(H,21,24)(H,22,23). The second kappa shape index (κ2) is 6.28. The van der Waals surface area contributed by atoms with Gasteiger partial charge >= 0.3 is 0 Å². The fourth-order valence-electron chi connectivity index (χ4n) is 2.78. The SMILES string of the molecule is Cc1cc(C)c2[nH]c(=O)c(CNC(=O)c3ccccc3F)cc2c1. The van der Waals surface area contributed by atoms with Gasteiger partial charge < -0.3 is 10.3 Å². The predicted octanol–water partition coefficient (Wildman–Crippen LogP) is 3.21. The van der Waals surface area contributed by atoms with E-state index in [2.05, 4.69) is 10.3 Å². The highest BCUT2D eigenvalue weighted by Crippen LogP contribution is 2.18. The van der Waals surface area contributed by atoms with E-state index in [4.69, 9.17) is 0 Å². The van der Waals surface area contributed by atoms with Gasteiger partial charge in [-0.05, 0) is 49.1 Å². The highest BCUT2D eigenvalue weighted by molar-refractivity contribution is 5.94. The van der Waals surface area contributed by atoms with Crippen LogP contribution in [0.3, 0.4) is 0 Å². The van der Waals surface area contributed by atoms with Gasteiger partial charge in [-0.2, -0.15) is 0 Å². The molecule has 0 saturated heterocycles. The van der Waals surface area contributed by atoms with Crippen LogP contribution in [-0.4, -0.2) is 10.9 Å². The maximum Gasteiger partial charge on any atom is 0.254 e. The number of aromatic nitrogens is 1. The van der Waals surface area contributed by atoms with Gasteiger partial charge in [0.05, 0.1) is 11.1 Å². The molecule has 3 aromatic rings. The van der Waals surface area contributed by atoms with Crippen LogP contribution in [0.2, 0.25) is 0 Å². The molecule has 1 heterocycles. The summed E-state index contributed by atoms with van der Waals surface area (Å²) < 4.78 is 13.6. The Balaban J connectivity index is 1.88. The first-order valence-electron chi connectivity index (χ1n) is 7.61. The Bertz CT molecular complexity index is 992. The molecule has 0 saturated carbocycles. The zero-order chi connectivity index (χ0) is 17.3. The molecule has 0 fully saturated rings. The summed E-state index contributed by atoms with van der Waals surface area (Å²) in [7, 11) is 0. The molecule has 122 valence electrons. The number of amides is 1. The first-order chi connectivity index (χ1) is 11.5. The number of rotatable bonds is 3. The largest absolute Gasteiger partial charge is 0.348 e. The average molecular weight is 324 g/mol. The minimum absolute atomic E-state index is 0.0332. The number of benzene rings is 2. The average Bonchev–Trinajstić information content (AvgIpc) is 2.54. The number of hydrogen-bond donors (Lipinski definition) is 2. The second-order valence-electron chi connectivity index (χ2n) is 5.83. The lowest BCUT2D eigenvalue weighted by atomic mass is 10.1. The molecule has 2 aromatic carbocycles. The van der Waals surface area contributed by atoms with Crippen LogP contribution < -0.4 is 10.9 Å². The van der Waals surface area contributed by atoms with E-state index in [1.54, 1.807) is 12.1 Å². The third kappa shape index (κ3) is 3.06. The Morgan fingerprint density at radius 1 is 1.17 bits per heavy atom. The third-order valence-corrected chi connectivity index (χ3v) is 3.93. The van der Waals surface area contributed by atoms with Crippen LogP contribution in [0.4, 0.5) is 4.39 Å². The summed E-state index contributed by atoms with van der Waals surface area (Å²) in [5, 5.41) is 3.50. The molecular formula is C19H17FN2O2. The van der Waals surface area contributed by atoms with Crippen LogP contribution in [0.25, 0.3) is 10.9 Å². The number of hydrogen-bond acceptors (Lipinski definition) is 2. The number of aryl methyl sites for hydroxylation is 2. The highest BCUT2D eigenvalue weighted by Gasteiger charge is 2.12. The summed E-state index contributed by atoms with van der Waals surface area (Å²) in [5.41, 5.74) is 2.99. The van der Waals surface area contributed by atoms with Crippen molar-refractivity contribution in [1.29, 1.82) is 0 Å². The summed E-state index contributed by atoms with van der Waals surface area (Å²) in [6.07, 6.45) is 0. The molecule has 3 rings (SSSR count). The molecule has 1 amide bonds. The number of carbonyl (C=O) groups excluding carboxylic acids is 1. The molecule has 0 bridgehead atoms. The Morgan fingerprint density at radius 3 is 2.67 bits per heavy atom. The van der Waals surface area contributed by atoms with Crippen molar-refractivity contribution in [2.45, 2.75) is 20.4 Å². The lowest BCUT2D eigenvalue weighted by Gasteiger charge is -2.09. The molecule has 1 aromatic heterocycles. The number of halogens is 1. The number of fused-ring (bicyclic) bond motifs is 1. The topological polar surface area (TPSA) is 62.0 Å². The number of aromatic amines is 1. The molecule has 24 heavy (non-hydrogen) atoms. The van der Waals surface area contributed by atoms with Crippen LogP contribution in [-0.2, 0) is 6.54 Å². The molecule has 0 spiro atoms. The Morgan fingerprint density at radius 2 is 1.92 bits per heavy atom. The minimum Gasteiger partial charge on any atom is -0.348 e. The van der Waals surface area contributed by atoms with Gasteiger partial charge in [0.1, 0.15) is 5.82 Å². The predicted molar refractivity (Wildman–Crippen MR) is 91.6 cm³/mol. The first-order valence-corrected chi connectivity index (χ1v) is 7.61. The summed E-state index contributed by atoms with van der Waals surface area (Å²) in [5.74, 6) is -1.14. The number of carbonyl (C=O) groups is 1. The van der Waals surface area contributed by atoms with Crippen molar-refractivity contribution in [3.63, 3.8) is 0 Å². The van der Waals surface area contributed by atoms with Gasteiger partial charge in [-0.3, -0.25) is 9.59 Å². The number of pyridine rings is 1. The summed E-state index contributed by atoms with van der Waals surface area (Å²) in [6.45, 7) is 3.95. The third-order valence-electron chi connectivity index (χ3n) is 3.93. The van der Waals surface area contributed by atoms with E-state index in [0.29, 0.717) is 5.56 Å². The van der Waals surface area contributed by atoms with Crippen LogP contribution >= 0.6 is 0 Å². The number of nitrogens with one attached hydrogen (secondary N) is 2. The molecule has 0 unspecified atom stereocenters. The van der Waals surface area contributed by atoms with Gasteiger partial charge in [0.25, 0.3) is 11.5 Å². The van der Waals surface area contributed by atoms with Gasteiger partial charge in [0.15, 0.2) is 0 Å². The van der Waals surface area contributed by atoms with Crippen molar-refractivity contribution in [1.82, 2.24) is 10.3 Å². The van der Waals surface area contributed by atoms with Gasteiger partial charge in [0.2, 0.25) is 0 Å². The van der Waals surface area contributed by atoms with E-state index in [0.717, 1.165) is 22.0 Å². The lowest BCUT2D eigenvalue weighted by Crippen LogP contribution is -2.27. The molecule has 5 heteroatoms. The van der Waals surface area contributed by atoms with Crippen LogP contribution in [0, 0.1) is 19.7 Å². The summed E-state index contributed by atoms with van der Waals surface area (Å²) in [6, 6.07) is 11.5. The molecule has 0 aliphatic rings. The normalized spacial score (nSPS) is 10.8. The van der Waals surface area contributed by atoms with Gasteiger partial charge in [-0.25, -0.2) is 4.39 Å². The zero-order valence-electron chi connectivity index (χ0n) is 13.4. The summed E-state index contributed by atoms with van der Waals surface area (Å²) >= 11 is 0. The van der Waals surface area contributed by atoms with E-state index in [1.807, 2.05) is 26.0 Å². The monoisotopic (exact) mass is 324 g/mol. The highest BCUT2D eigenvalue weighted by atomic mass is 19.1. The molecule has 0 aliphatic heterocycles. The second-order valence-corrected chi connectivity index (χ2v) is 5.83. The van der Waals surface area contributed by atoms with Gasteiger partial charge in [-0.1, -0.05) is 23.8 Å². The van der Waals surface area contributed by atoms with Crippen molar-refractivity contribution in [3.05, 3.63) is 80.9 Å². The molecule has 0 atom stereocenters. The van der Waals surface area contributed by atoms with Crippen molar-refractivity contribution >= 4 is 16.8 Å². The van der Waals surface area contributed by atoms with E-state index in [1.165, 1.54) is 18.2 Å². The Hall–Kier alpha value is -2.95. The molecule has 4 nitrogen and oxygen atoms in total. The summed E-state index contributed by atoms with van der Waals surface area (Å²) in [4.78, 5) is 27.1. The van der Waals surface area contributed by atoms with E-state index < -0.39 is 11.7 Å². The van der Waals surface area contributed by atoms with E-state index >= 15 is 0 Å². The van der Waals surface area contributed by atoms with Crippen molar-refractivity contribution in [3.8, 4) is 0 Å². The molecule has 2 N–H and O–H groups in total. The van der Waals surface area contributed by atoms with Gasteiger partial charge in [0, 0.05) is 12.1 Å². The van der Waals surface area contributed by atoms with Gasteiger partial charge in [-0.15, -0.1) is 0 Å². The quantitative estimate of drug-likeness (QED) is 0.777. The fourth-order valence-corrected chi connectivity index (χ4v) is 2.78. The van der Waals surface area contributed by atoms with Crippen molar-refractivity contribution < 1.29 is 9.18 Å². The number of H-pyrrole nitrogens is 1. The van der Waals surface area contributed by atoms with Crippen LogP contribution in [0.1, 0.15) is 27.0 Å². The van der Waals surface area contributed by atoms with E-state index in [9.17, 15) is 14.0 Å². The van der Waals surface area contributed by atoms with E-state index in [-0.39, 0.29) is 17.7 Å². The minimum atomic E-state index is -0.589. The molecule has 0 radical (unpaired) electrons. The zero-order valence-corrected chi connectivity index (χ0v) is 13.4. The first kappa shape index (κ1) is 15.9. The Labute approximate surface area is 138 Å². The maximum absolute atomic E-state index is 13.6.